The van der Waals surface area contributed by atoms with Gasteiger partial charge in [-0.3, -0.25) is 19.8 Å². The molecular weight excluding hydrogens is 961 g/mol. The number of nitro benzene ring substituents is 1. The highest BCUT2D eigenvalue weighted by atomic mass is 32.2. The molecule has 1 spiro atoms. The smallest absolute Gasteiger partial charge is 0.293 e. The maximum absolute atomic E-state index is 14.7. The molecule has 3 N–H and O–H groups in total. The first-order valence-corrected chi connectivity index (χ1v) is 27.5. The fourth-order valence-corrected chi connectivity index (χ4v) is 13.5. The van der Waals surface area contributed by atoms with E-state index in [2.05, 4.69) is 77.9 Å². The van der Waals surface area contributed by atoms with E-state index in [0.717, 1.165) is 94.2 Å². The highest BCUT2D eigenvalue weighted by Gasteiger charge is 2.50. The van der Waals surface area contributed by atoms with Crippen molar-refractivity contribution in [1.82, 2.24) is 24.6 Å². The molecule has 386 valence electrons. The van der Waals surface area contributed by atoms with E-state index in [4.69, 9.17) is 24.2 Å². The van der Waals surface area contributed by atoms with Gasteiger partial charge in [-0.1, -0.05) is 30.3 Å². The Morgan fingerprint density at radius 3 is 2.50 bits per heavy atom. The maximum Gasteiger partial charge on any atom is 0.293 e. The standard InChI is InChI=1S/C55H62N10O8S/c1-36-6-2-3-7-42(36)49-34-62(51-8-4-5-19-56-51)23-24-63(49)40-31-55(32-40)17-21-61(22-18-55)39-9-11-43(46(29-39)64-45-16-27-72-35-50(45)73-54-48(64)28-38-13-20-57-52(38)59-54)53(66)60-74(69,70)41-10-12-44(47(30-41)65(67)68)58-33-37-14-25-71-26-15-37/h2-13,19-20,28-30,37,40,45,49-50,58H,14-18,21-27,31-35H2,1H3,(H,57,59)(H,60,66)/t45-,49-,50-/m0/s1. The van der Waals surface area contributed by atoms with Gasteiger partial charge in [0.2, 0.25) is 5.88 Å². The van der Waals surface area contributed by atoms with Crippen LogP contribution in [0.1, 0.15) is 72.5 Å². The zero-order valence-electron chi connectivity index (χ0n) is 41.5. The summed E-state index contributed by atoms with van der Waals surface area (Å²) in [7, 11) is -4.61. The molecule has 3 aromatic carbocycles. The molecule has 1 aliphatic carbocycles. The monoisotopic (exact) mass is 1020 g/mol. The average molecular weight is 1020 g/mol. The number of nitrogens with zero attached hydrogens (tertiary/aromatic N) is 7. The summed E-state index contributed by atoms with van der Waals surface area (Å²) in [6, 6.07) is 28.6. The predicted octanol–water partition coefficient (Wildman–Crippen LogP) is 8.13. The Bertz CT molecular complexity index is 3170. The molecule has 1 amide bonds. The molecule has 0 bridgehead atoms. The van der Waals surface area contributed by atoms with Gasteiger partial charge >= 0.3 is 0 Å². The lowest BCUT2D eigenvalue weighted by molar-refractivity contribution is -0.384. The van der Waals surface area contributed by atoms with E-state index in [9.17, 15) is 23.3 Å². The van der Waals surface area contributed by atoms with Crippen LogP contribution >= 0.6 is 0 Å². The Balaban J connectivity index is 0.816. The molecule has 8 heterocycles. The minimum absolute atomic E-state index is 0.121. The number of piperazine rings is 1. The number of carbonyl (C=O) groups is 1. The van der Waals surface area contributed by atoms with E-state index in [1.54, 1.807) is 6.07 Å². The van der Waals surface area contributed by atoms with Gasteiger partial charge in [0.15, 0.2) is 0 Å². The number of ether oxygens (including phenoxy) is 3. The van der Waals surface area contributed by atoms with Crippen LogP contribution in [0.25, 0.3) is 11.0 Å². The number of anilines is 5. The van der Waals surface area contributed by atoms with Gasteiger partial charge in [0.05, 0.1) is 39.8 Å². The molecule has 5 aliphatic heterocycles. The predicted molar refractivity (Wildman–Crippen MR) is 282 cm³/mol. The minimum Gasteiger partial charge on any atom is -0.468 e. The zero-order valence-corrected chi connectivity index (χ0v) is 42.3. The third kappa shape index (κ3) is 9.28. The molecule has 4 saturated heterocycles. The number of fused-ring (bicyclic) bond motifs is 3. The van der Waals surface area contributed by atoms with Crippen LogP contribution in [0.4, 0.5) is 34.3 Å². The van der Waals surface area contributed by atoms with Crippen LogP contribution in [-0.2, 0) is 19.5 Å². The van der Waals surface area contributed by atoms with Gasteiger partial charge in [0, 0.05) is 94.7 Å². The largest absolute Gasteiger partial charge is 0.468 e. The van der Waals surface area contributed by atoms with Crippen molar-refractivity contribution in [2.24, 2.45) is 11.3 Å². The van der Waals surface area contributed by atoms with Gasteiger partial charge in [0.25, 0.3) is 21.6 Å². The molecule has 19 heteroatoms. The van der Waals surface area contributed by atoms with Crippen LogP contribution in [0, 0.1) is 28.4 Å². The van der Waals surface area contributed by atoms with Crippen LogP contribution in [0.3, 0.4) is 0 Å². The Kier molecular flexibility index (Phi) is 12.9. The molecule has 6 aliphatic rings. The summed E-state index contributed by atoms with van der Waals surface area (Å²) in [5.41, 5.74) is 5.56. The lowest BCUT2D eigenvalue weighted by Gasteiger charge is -2.58. The number of aryl methyl sites for hydroxylation is 1. The van der Waals surface area contributed by atoms with E-state index < -0.39 is 37.5 Å². The van der Waals surface area contributed by atoms with Crippen molar-refractivity contribution in [3.8, 4) is 5.88 Å². The molecule has 74 heavy (non-hydrogen) atoms. The van der Waals surface area contributed by atoms with Crippen molar-refractivity contribution < 1.29 is 32.3 Å². The molecule has 3 atom stereocenters. The summed E-state index contributed by atoms with van der Waals surface area (Å²) in [5.74, 6) is 0.791. The van der Waals surface area contributed by atoms with E-state index in [-0.39, 0.29) is 34.7 Å². The first-order chi connectivity index (χ1) is 36.0. The highest BCUT2D eigenvalue weighted by molar-refractivity contribution is 7.90. The second-order valence-electron chi connectivity index (χ2n) is 21.0. The Morgan fingerprint density at radius 1 is 0.892 bits per heavy atom. The second kappa shape index (κ2) is 19.8. The number of amides is 1. The lowest BCUT2D eigenvalue weighted by Crippen LogP contribution is -2.60. The van der Waals surface area contributed by atoms with Gasteiger partial charge < -0.3 is 39.2 Å². The molecule has 12 rings (SSSR count). The number of hydrogen-bond acceptors (Lipinski definition) is 15. The summed E-state index contributed by atoms with van der Waals surface area (Å²) >= 11 is 0. The number of pyridine rings is 2. The Labute approximate surface area is 430 Å². The topological polar surface area (TPSA) is 201 Å². The summed E-state index contributed by atoms with van der Waals surface area (Å²) in [6.07, 6.45) is 9.81. The van der Waals surface area contributed by atoms with Crippen molar-refractivity contribution in [1.29, 1.82) is 0 Å². The zero-order chi connectivity index (χ0) is 50.6. The van der Waals surface area contributed by atoms with Crippen molar-refractivity contribution >= 4 is 61.2 Å². The van der Waals surface area contributed by atoms with Gasteiger partial charge in [-0.05, 0) is 129 Å². The molecule has 18 nitrogen and oxygen atoms in total. The quantitative estimate of drug-likeness (QED) is 0.0783. The molecule has 3 aromatic heterocycles. The van der Waals surface area contributed by atoms with Gasteiger partial charge in [-0.25, -0.2) is 18.1 Å². The molecule has 5 fully saturated rings. The number of hydrogen-bond donors (Lipinski definition) is 3. The Morgan fingerprint density at radius 2 is 1.70 bits per heavy atom. The van der Waals surface area contributed by atoms with Gasteiger partial charge in [-0.15, -0.1) is 0 Å². The number of sulfonamides is 1. The fourth-order valence-electron chi connectivity index (χ4n) is 12.5. The molecular formula is C55H62N10O8S. The summed E-state index contributed by atoms with van der Waals surface area (Å²) in [6.45, 7) is 9.16. The van der Waals surface area contributed by atoms with Crippen LogP contribution in [0.5, 0.6) is 5.88 Å². The number of benzene rings is 3. The van der Waals surface area contributed by atoms with Crippen molar-refractivity contribution in [2.75, 3.05) is 85.7 Å². The third-order valence-electron chi connectivity index (χ3n) is 16.7. The number of aromatic nitrogens is 3. The summed E-state index contributed by atoms with van der Waals surface area (Å²) in [4.78, 5) is 48.5. The average Bonchev–Trinajstić information content (AvgIpc) is 3.89. The van der Waals surface area contributed by atoms with Crippen LogP contribution in [0.15, 0.2) is 108 Å². The number of aromatic amines is 1. The normalized spacial score (nSPS) is 22.4. The van der Waals surface area contributed by atoms with Gasteiger partial charge in [-0.2, -0.15) is 4.98 Å². The second-order valence-corrected chi connectivity index (χ2v) is 22.7. The highest BCUT2D eigenvalue weighted by Crippen LogP contribution is 2.54. The van der Waals surface area contributed by atoms with E-state index in [1.807, 2.05) is 42.7 Å². The van der Waals surface area contributed by atoms with Crippen LogP contribution in [0.2, 0.25) is 0 Å². The van der Waals surface area contributed by atoms with Crippen molar-refractivity contribution in [3.05, 3.63) is 130 Å². The molecule has 0 unspecified atom stereocenters. The summed E-state index contributed by atoms with van der Waals surface area (Å²) in [5, 5.41) is 16.3. The minimum atomic E-state index is -4.61. The first-order valence-electron chi connectivity index (χ1n) is 26.0. The van der Waals surface area contributed by atoms with Crippen molar-refractivity contribution in [2.45, 2.75) is 81.0 Å². The summed E-state index contributed by atoms with van der Waals surface area (Å²) < 4.78 is 48.6. The number of nitro groups is 1. The number of piperidine rings is 1. The molecule has 6 aromatic rings. The number of H-pyrrole nitrogens is 1. The van der Waals surface area contributed by atoms with Crippen LogP contribution < -0.4 is 29.5 Å². The Hall–Kier alpha value is -6.80. The van der Waals surface area contributed by atoms with E-state index >= 15 is 0 Å². The van der Waals surface area contributed by atoms with Crippen molar-refractivity contribution in [3.63, 3.8) is 0 Å². The maximum atomic E-state index is 14.7. The van der Waals surface area contributed by atoms with E-state index in [0.29, 0.717) is 68.3 Å². The fraction of sp³-hybridized carbons (Fsp3) is 0.436. The molecule has 0 radical (unpaired) electrons. The van der Waals surface area contributed by atoms with Crippen LogP contribution in [-0.4, -0.2) is 123 Å². The number of rotatable bonds is 12. The van der Waals surface area contributed by atoms with Gasteiger partial charge in [0.1, 0.15) is 28.9 Å². The third-order valence-corrected chi connectivity index (χ3v) is 18.0. The molecule has 1 saturated carbocycles. The lowest BCUT2D eigenvalue weighted by atomic mass is 9.59. The van der Waals surface area contributed by atoms with E-state index in [1.165, 1.54) is 23.3 Å². The first kappa shape index (κ1) is 48.2. The number of carbonyl (C=O) groups excluding carboxylic acids is 1. The SMILES string of the molecule is Cc1ccccc1[C@@H]1CN(c2ccccn2)CCN1C1CC2(CCN(c3ccc(C(=O)NS(=O)(=O)c4ccc(NCC5CCOCC5)c([N+](=O)[O-])c4)c(N4c5cc6cc[nH]c6nc5O[C@H]5COCC[C@@H]54)c3)CC2)C1. The number of nitrogens with one attached hydrogen (secondary N) is 3.